The zero-order valence-corrected chi connectivity index (χ0v) is 13.5. The van der Waals surface area contributed by atoms with Crippen LogP contribution in [0.1, 0.15) is 32.4 Å². The number of H-pyrrole nitrogens is 1. The molecule has 0 bridgehead atoms. The summed E-state index contributed by atoms with van der Waals surface area (Å²) in [5, 5.41) is 0.724. The Morgan fingerprint density at radius 1 is 1.45 bits per heavy atom. The van der Waals surface area contributed by atoms with Crippen LogP contribution in [0.15, 0.2) is 12.5 Å². The molecule has 1 unspecified atom stereocenters. The van der Waals surface area contributed by atoms with E-state index in [-0.39, 0.29) is 5.15 Å². The SMILES string of the molecule is CN(C(=O)OC(C)(C)C)C(C=O)c1c[nH]c2ncnc(Cl)c12. The van der Waals surface area contributed by atoms with E-state index in [9.17, 15) is 9.59 Å². The smallest absolute Gasteiger partial charge is 0.410 e. The van der Waals surface area contributed by atoms with E-state index in [2.05, 4.69) is 15.0 Å². The van der Waals surface area contributed by atoms with Crippen LogP contribution < -0.4 is 0 Å². The number of amides is 1. The van der Waals surface area contributed by atoms with Crippen molar-refractivity contribution < 1.29 is 14.3 Å². The molecule has 0 aliphatic heterocycles. The Morgan fingerprint density at radius 3 is 2.73 bits per heavy atom. The maximum Gasteiger partial charge on any atom is 0.410 e. The summed E-state index contributed by atoms with van der Waals surface area (Å²) in [6, 6.07) is -0.855. The van der Waals surface area contributed by atoms with Crippen LogP contribution in [0.5, 0.6) is 0 Å². The highest BCUT2D eigenvalue weighted by molar-refractivity contribution is 6.34. The van der Waals surface area contributed by atoms with E-state index in [1.54, 1.807) is 27.0 Å². The quantitative estimate of drug-likeness (QED) is 0.692. The van der Waals surface area contributed by atoms with E-state index in [1.165, 1.54) is 18.3 Å². The number of rotatable bonds is 3. The van der Waals surface area contributed by atoms with Crippen molar-refractivity contribution in [1.29, 1.82) is 0 Å². The lowest BCUT2D eigenvalue weighted by Crippen LogP contribution is -2.37. The average Bonchev–Trinajstić information content (AvgIpc) is 2.83. The number of ether oxygens (including phenoxy) is 1. The molecule has 0 saturated carbocycles. The minimum atomic E-state index is -0.855. The van der Waals surface area contributed by atoms with Crippen LogP contribution in [0.3, 0.4) is 0 Å². The fraction of sp³-hybridized carbons (Fsp3) is 0.429. The highest BCUT2D eigenvalue weighted by Crippen LogP contribution is 2.30. The lowest BCUT2D eigenvalue weighted by atomic mass is 10.1. The molecular weight excluding hydrogens is 308 g/mol. The first-order chi connectivity index (χ1) is 10.2. The van der Waals surface area contributed by atoms with Gasteiger partial charge in [0.05, 0.1) is 5.39 Å². The number of aldehydes is 1. The highest BCUT2D eigenvalue weighted by atomic mass is 35.5. The average molecular weight is 325 g/mol. The lowest BCUT2D eigenvalue weighted by Gasteiger charge is -2.27. The number of hydrogen-bond acceptors (Lipinski definition) is 5. The van der Waals surface area contributed by atoms with Gasteiger partial charge in [-0.25, -0.2) is 14.8 Å². The minimum Gasteiger partial charge on any atom is -0.444 e. The number of fused-ring (bicyclic) bond motifs is 1. The molecule has 0 aliphatic carbocycles. The van der Waals surface area contributed by atoms with E-state index in [4.69, 9.17) is 16.3 Å². The molecule has 0 radical (unpaired) electrons. The molecule has 0 saturated heterocycles. The molecular formula is C14H17ClN4O3. The lowest BCUT2D eigenvalue weighted by molar-refractivity contribution is -0.112. The molecule has 22 heavy (non-hydrogen) atoms. The number of halogens is 1. The van der Waals surface area contributed by atoms with Crippen LogP contribution >= 0.6 is 11.6 Å². The Bertz CT molecular complexity index is 708. The monoisotopic (exact) mass is 324 g/mol. The van der Waals surface area contributed by atoms with Gasteiger partial charge in [0.2, 0.25) is 0 Å². The third-order valence-corrected chi connectivity index (χ3v) is 3.29. The Kier molecular flexibility index (Phi) is 4.37. The first-order valence-corrected chi connectivity index (χ1v) is 7.01. The van der Waals surface area contributed by atoms with Crippen LogP contribution in [0.2, 0.25) is 5.15 Å². The zero-order valence-electron chi connectivity index (χ0n) is 12.8. The van der Waals surface area contributed by atoms with Gasteiger partial charge in [-0.3, -0.25) is 4.90 Å². The molecule has 1 N–H and O–H groups in total. The van der Waals surface area contributed by atoms with Crippen molar-refractivity contribution in [2.45, 2.75) is 32.4 Å². The maximum absolute atomic E-state index is 12.1. The van der Waals surface area contributed by atoms with Crippen molar-refractivity contribution >= 4 is 35.0 Å². The summed E-state index contributed by atoms with van der Waals surface area (Å²) in [6.45, 7) is 5.27. The Balaban J connectivity index is 2.38. The number of nitrogens with one attached hydrogen (secondary N) is 1. The second-order valence-corrected chi connectivity index (χ2v) is 6.16. The molecule has 118 valence electrons. The molecule has 0 fully saturated rings. The predicted octanol–water partition coefficient (Wildman–Crippen LogP) is 2.72. The van der Waals surface area contributed by atoms with Gasteiger partial charge >= 0.3 is 6.09 Å². The maximum atomic E-state index is 12.1. The summed E-state index contributed by atoms with van der Waals surface area (Å²) < 4.78 is 5.28. The van der Waals surface area contributed by atoms with Gasteiger partial charge in [-0.05, 0) is 20.8 Å². The van der Waals surface area contributed by atoms with Gasteiger partial charge < -0.3 is 14.5 Å². The Morgan fingerprint density at radius 2 is 2.14 bits per heavy atom. The standard InChI is InChI=1S/C14H17ClN4O3/c1-14(2,3)22-13(21)19(4)9(6-20)8-5-16-12-10(8)11(15)17-7-18-12/h5-7,9H,1-4H3,(H,16,17,18). The van der Waals surface area contributed by atoms with E-state index in [1.807, 2.05) is 0 Å². The first-order valence-electron chi connectivity index (χ1n) is 6.63. The summed E-state index contributed by atoms with van der Waals surface area (Å²) in [6.07, 6.45) is 2.95. The van der Waals surface area contributed by atoms with Crippen LogP contribution in [-0.4, -0.2) is 44.9 Å². The Hall–Kier alpha value is -2.15. The highest BCUT2D eigenvalue weighted by Gasteiger charge is 2.28. The van der Waals surface area contributed by atoms with E-state index in [0.29, 0.717) is 22.9 Å². The van der Waals surface area contributed by atoms with Crippen molar-refractivity contribution in [2.75, 3.05) is 7.05 Å². The van der Waals surface area contributed by atoms with Crippen LogP contribution in [0.4, 0.5) is 4.79 Å². The number of carbonyl (C=O) groups is 2. The first kappa shape index (κ1) is 16.2. The molecule has 0 aliphatic rings. The topological polar surface area (TPSA) is 88.2 Å². The predicted molar refractivity (Wildman–Crippen MR) is 81.7 cm³/mol. The summed E-state index contributed by atoms with van der Waals surface area (Å²) >= 11 is 6.07. The van der Waals surface area contributed by atoms with Gasteiger partial charge in [0.15, 0.2) is 0 Å². The third kappa shape index (κ3) is 3.19. The number of nitrogens with zero attached hydrogens (tertiary/aromatic N) is 3. The van der Waals surface area contributed by atoms with E-state index >= 15 is 0 Å². The Labute approximate surface area is 132 Å². The van der Waals surface area contributed by atoms with Crippen LogP contribution in [-0.2, 0) is 9.53 Å². The van der Waals surface area contributed by atoms with Gasteiger partial charge in [0, 0.05) is 18.8 Å². The molecule has 1 amide bonds. The second-order valence-electron chi connectivity index (χ2n) is 5.80. The van der Waals surface area contributed by atoms with Gasteiger partial charge in [-0.15, -0.1) is 0 Å². The number of aromatic amines is 1. The molecule has 2 heterocycles. The van der Waals surface area contributed by atoms with Gasteiger partial charge in [-0.1, -0.05) is 11.6 Å². The molecule has 0 spiro atoms. The summed E-state index contributed by atoms with van der Waals surface area (Å²) in [5.74, 6) is 0. The minimum absolute atomic E-state index is 0.214. The number of hydrogen-bond donors (Lipinski definition) is 1. The number of carbonyl (C=O) groups excluding carboxylic acids is 2. The molecule has 0 aromatic carbocycles. The molecule has 2 rings (SSSR count). The van der Waals surface area contributed by atoms with Crippen LogP contribution in [0.25, 0.3) is 11.0 Å². The van der Waals surface area contributed by atoms with E-state index < -0.39 is 17.7 Å². The van der Waals surface area contributed by atoms with Crippen molar-refractivity contribution in [2.24, 2.45) is 0 Å². The van der Waals surface area contributed by atoms with Crippen molar-refractivity contribution in [3.8, 4) is 0 Å². The van der Waals surface area contributed by atoms with Crippen molar-refractivity contribution in [1.82, 2.24) is 19.9 Å². The second kappa shape index (κ2) is 5.92. The van der Waals surface area contributed by atoms with Gasteiger partial charge in [-0.2, -0.15) is 0 Å². The fourth-order valence-corrected chi connectivity index (χ4v) is 2.24. The third-order valence-electron chi connectivity index (χ3n) is 3.00. The molecule has 2 aromatic heterocycles. The largest absolute Gasteiger partial charge is 0.444 e. The molecule has 7 nitrogen and oxygen atoms in total. The van der Waals surface area contributed by atoms with E-state index in [0.717, 1.165) is 0 Å². The normalized spacial score (nSPS) is 13.0. The fourth-order valence-electron chi connectivity index (χ4n) is 2.00. The summed E-state index contributed by atoms with van der Waals surface area (Å²) in [7, 11) is 1.49. The van der Waals surface area contributed by atoms with Crippen molar-refractivity contribution in [3.05, 3.63) is 23.2 Å². The molecule has 8 heteroatoms. The summed E-state index contributed by atoms with van der Waals surface area (Å²) in [5.41, 5.74) is 0.364. The zero-order chi connectivity index (χ0) is 16.5. The summed E-state index contributed by atoms with van der Waals surface area (Å²) in [4.78, 5) is 35.7. The number of likely N-dealkylation sites (N-methyl/N-ethyl adjacent to an activating group) is 1. The number of aromatic nitrogens is 3. The van der Waals surface area contributed by atoms with Crippen LogP contribution in [0, 0.1) is 0 Å². The van der Waals surface area contributed by atoms with Gasteiger partial charge in [0.1, 0.15) is 35.1 Å². The van der Waals surface area contributed by atoms with Gasteiger partial charge in [0.25, 0.3) is 0 Å². The molecule has 1 atom stereocenters. The van der Waals surface area contributed by atoms with Crippen molar-refractivity contribution in [3.63, 3.8) is 0 Å². The molecule has 2 aromatic rings.